The summed E-state index contributed by atoms with van der Waals surface area (Å²) in [6, 6.07) is 1.90. The fraction of sp³-hybridized carbons (Fsp3) is 0.400. The maximum atomic E-state index is 10.8. The fourth-order valence-electron chi connectivity index (χ4n) is 1.35. The zero-order chi connectivity index (χ0) is 11.5. The molecule has 0 radical (unpaired) electrons. The van der Waals surface area contributed by atoms with Gasteiger partial charge in [-0.25, -0.2) is 0 Å². The highest BCUT2D eigenvalue weighted by atomic mass is 79.9. The highest BCUT2D eigenvalue weighted by Gasteiger charge is 2.20. The number of primary amides is 1. The molecule has 3 N–H and O–H groups in total. The number of anilines is 1. The van der Waals surface area contributed by atoms with Gasteiger partial charge in [-0.3, -0.25) is 9.78 Å². The first-order chi connectivity index (χ1) is 6.89. The van der Waals surface area contributed by atoms with Crippen LogP contribution in [0.15, 0.2) is 22.9 Å². The molecule has 15 heavy (non-hydrogen) atoms. The van der Waals surface area contributed by atoms with Crippen LogP contribution in [0.25, 0.3) is 0 Å². The molecule has 1 aromatic heterocycles. The molecule has 0 fully saturated rings. The summed E-state index contributed by atoms with van der Waals surface area (Å²) in [5, 5.41) is 3.20. The van der Waals surface area contributed by atoms with Crippen LogP contribution in [0.5, 0.6) is 0 Å². The molecule has 0 bridgehead atoms. The summed E-state index contributed by atoms with van der Waals surface area (Å²) in [5.74, 6) is -0.324. The van der Waals surface area contributed by atoms with Crippen LogP contribution in [0.3, 0.4) is 0 Å². The monoisotopic (exact) mass is 271 g/mol. The van der Waals surface area contributed by atoms with E-state index in [-0.39, 0.29) is 17.9 Å². The van der Waals surface area contributed by atoms with E-state index in [2.05, 4.69) is 26.2 Å². The number of hydrogen-bond acceptors (Lipinski definition) is 3. The molecule has 0 atom stereocenters. The summed E-state index contributed by atoms with van der Waals surface area (Å²) in [7, 11) is 0. The van der Waals surface area contributed by atoms with Crippen LogP contribution in [0.2, 0.25) is 0 Å². The Morgan fingerprint density at radius 2 is 2.27 bits per heavy atom. The lowest BCUT2D eigenvalue weighted by Crippen LogP contribution is -2.36. The summed E-state index contributed by atoms with van der Waals surface area (Å²) in [4.78, 5) is 14.9. The standard InChI is InChI=1S/C10H14BrN3O/c1-10(2,4-9(12)15)14-8-3-7(11)5-13-6-8/h3,5-6,14H,4H2,1-2H3,(H2,12,15). The minimum Gasteiger partial charge on any atom is -0.378 e. The van der Waals surface area contributed by atoms with Crippen LogP contribution in [0, 0.1) is 0 Å². The molecule has 0 aliphatic carbocycles. The van der Waals surface area contributed by atoms with E-state index in [1.54, 1.807) is 12.4 Å². The third kappa shape index (κ3) is 4.29. The number of pyridine rings is 1. The average Bonchev–Trinajstić information content (AvgIpc) is 1.99. The van der Waals surface area contributed by atoms with Gasteiger partial charge in [-0.2, -0.15) is 0 Å². The summed E-state index contributed by atoms with van der Waals surface area (Å²) in [6.07, 6.45) is 3.68. The van der Waals surface area contributed by atoms with Gasteiger partial charge in [0.1, 0.15) is 0 Å². The van der Waals surface area contributed by atoms with Gasteiger partial charge in [0, 0.05) is 22.6 Å². The Morgan fingerprint density at radius 3 is 2.80 bits per heavy atom. The Hall–Kier alpha value is -1.10. The third-order valence-electron chi connectivity index (χ3n) is 1.80. The van der Waals surface area contributed by atoms with Crippen LogP contribution in [0.4, 0.5) is 5.69 Å². The normalized spacial score (nSPS) is 11.1. The lowest BCUT2D eigenvalue weighted by Gasteiger charge is -2.25. The number of nitrogens with two attached hydrogens (primary N) is 1. The highest BCUT2D eigenvalue weighted by molar-refractivity contribution is 9.10. The van der Waals surface area contributed by atoms with E-state index in [0.29, 0.717) is 0 Å². The van der Waals surface area contributed by atoms with Gasteiger partial charge in [0.15, 0.2) is 0 Å². The molecule has 0 aromatic carbocycles. The Bertz CT molecular complexity index is 365. The molecule has 5 heteroatoms. The Labute approximate surface area is 97.4 Å². The third-order valence-corrected chi connectivity index (χ3v) is 2.24. The number of aromatic nitrogens is 1. The second kappa shape index (κ2) is 4.61. The first-order valence-corrected chi connectivity index (χ1v) is 5.35. The summed E-state index contributed by atoms with van der Waals surface area (Å²) >= 11 is 3.33. The van der Waals surface area contributed by atoms with Gasteiger partial charge in [-0.1, -0.05) is 0 Å². The molecule has 1 heterocycles. The van der Waals surface area contributed by atoms with E-state index < -0.39 is 0 Å². The number of amides is 1. The quantitative estimate of drug-likeness (QED) is 0.879. The molecule has 0 spiro atoms. The van der Waals surface area contributed by atoms with Crippen molar-refractivity contribution in [2.75, 3.05) is 5.32 Å². The van der Waals surface area contributed by atoms with Gasteiger partial charge >= 0.3 is 0 Å². The van der Waals surface area contributed by atoms with Gasteiger partial charge in [0.05, 0.1) is 11.9 Å². The fourth-order valence-corrected chi connectivity index (χ4v) is 1.72. The summed E-state index contributed by atoms with van der Waals surface area (Å²) in [5.41, 5.74) is 5.65. The van der Waals surface area contributed by atoms with E-state index in [0.717, 1.165) is 10.2 Å². The molecule has 1 rings (SSSR count). The molecule has 0 saturated carbocycles. The van der Waals surface area contributed by atoms with Crippen LogP contribution < -0.4 is 11.1 Å². The van der Waals surface area contributed by atoms with Crippen molar-refractivity contribution in [1.82, 2.24) is 4.98 Å². The van der Waals surface area contributed by atoms with Crippen LogP contribution >= 0.6 is 15.9 Å². The second-order valence-corrected chi connectivity index (χ2v) is 4.96. The molecule has 1 aromatic rings. The minimum atomic E-state index is -0.367. The predicted molar refractivity (Wildman–Crippen MR) is 63.5 cm³/mol. The lowest BCUT2D eigenvalue weighted by molar-refractivity contribution is -0.118. The molecule has 0 unspecified atom stereocenters. The highest BCUT2D eigenvalue weighted by Crippen LogP contribution is 2.19. The summed E-state index contributed by atoms with van der Waals surface area (Å²) in [6.45, 7) is 3.83. The van der Waals surface area contributed by atoms with E-state index in [1.165, 1.54) is 0 Å². The molecular weight excluding hydrogens is 258 g/mol. The van der Waals surface area contributed by atoms with Gasteiger partial charge in [-0.05, 0) is 35.8 Å². The van der Waals surface area contributed by atoms with Crippen LogP contribution in [0.1, 0.15) is 20.3 Å². The molecule has 1 amide bonds. The van der Waals surface area contributed by atoms with Crippen molar-refractivity contribution in [2.45, 2.75) is 25.8 Å². The van der Waals surface area contributed by atoms with Crippen LogP contribution in [-0.2, 0) is 4.79 Å². The number of carbonyl (C=O) groups is 1. The van der Waals surface area contributed by atoms with Crippen molar-refractivity contribution < 1.29 is 4.79 Å². The summed E-state index contributed by atoms with van der Waals surface area (Å²) < 4.78 is 0.891. The minimum absolute atomic E-state index is 0.277. The Morgan fingerprint density at radius 1 is 1.60 bits per heavy atom. The number of halogens is 1. The number of hydrogen-bond donors (Lipinski definition) is 2. The maximum absolute atomic E-state index is 10.8. The predicted octanol–water partition coefficient (Wildman–Crippen LogP) is 1.91. The number of carbonyl (C=O) groups excluding carboxylic acids is 1. The molecule has 82 valence electrons. The second-order valence-electron chi connectivity index (χ2n) is 4.04. The topological polar surface area (TPSA) is 68.0 Å². The number of nitrogens with zero attached hydrogens (tertiary/aromatic N) is 1. The zero-order valence-electron chi connectivity index (χ0n) is 8.75. The van der Waals surface area contributed by atoms with E-state index in [4.69, 9.17) is 5.73 Å². The van der Waals surface area contributed by atoms with Crippen molar-refractivity contribution in [3.8, 4) is 0 Å². The molecule has 4 nitrogen and oxygen atoms in total. The van der Waals surface area contributed by atoms with Crippen molar-refractivity contribution in [2.24, 2.45) is 5.73 Å². The number of rotatable bonds is 4. The molecule has 0 aliphatic rings. The molecular formula is C10H14BrN3O. The molecule has 0 aliphatic heterocycles. The lowest BCUT2D eigenvalue weighted by atomic mass is 10.00. The SMILES string of the molecule is CC(C)(CC(N)=O)Nc1cncc(Br)c1. The van der Waals surface area contributed by atoms with E-state index in [1.807, 2.05) is 19.9 Å². The van der Waals surface area contributed by atoms with Crippen LogP contribution in [-0.4, -0.2) is 16.4 Å². The Balaban J connectivity index is 2.72. The average molecular weight is 272 g/mol. The smallest absolute Gasteiger partial charge is 0.219 e. The first-order valence-electron chi connectivity index (χ1n) is 4.56. The first kappa shape index (κ1) is 12.0. The van der Waals surface area contributed by atoms with Crippen molar-refractivity contribution >= 4 is 27.5 Å². The largest absolute Gasteiger partial charge is 0.378 e. The van der Waals surface area contributed by atoms with E-state index in [9.17, 15) is 4.79 Å². The van der Waals surface area contributed by atoms with E-state index >= 15 is 0 Å². The van der Waals surface area contributed by atoms with Gasteiger partial charge in [0.25, 0.3) is 0 Å². The Kier molecular flexibility index (Phi) is 3.68. The number of nitrogens with one attached hydrogen (secondary N) is 1. The molecule has 0 saturated heterocycles. The van der Waals surface area contributed by atoms with Gasteiger partial charge < -0.3 is 11.1 Å². The van der Waals surface area contributed by atoms with Gasteiger partial charge in [-0.15, -0.1) is 0 Å². The van der Waals surface area contributed by atoms with Gasteiger partial charge in [0.2, 0.25) is 5.91 Å². The zero-order valence-corrected chi connectivity index (χ0v) is 10.3. The van der Waals surface area contributed by atoms with Crippen molar-refractivity contribution in [3.05, 3.63) is 22.9 Å². The van der Waals surface area contributed by atoms with Crippen molar-refractivity contribution in [3.63, 3.8) is 0 Å². The van der Waals surface area contributed by atoms with Crippen molar-refractivity contribution in [1.29, 1.82) is 0 Å². The maximum Gasteiger partial charge on any atom is 0.219 e.